The van der Waals surface area contributed by atoms with Crippen molar-refractivity contribution in [3.8, 4) is 0 Å². The lowest BCUT2D eigenvalue weighted by Crippen LogP contribution is -2.05. The maximum atomic E-state index is 11.1. The van der Waals surface area contributed by atoms with Gasteiger partial charge in [-0.3, -0.25) is 4.79 Å². The molecule has 0 unspecified atom stereocenters. The molecule has 0 aliphatic carbocycles. The van der Waals surface area contributed by atoms with Crippen LogP contribution in [0.2, 0.25) is 0 Å². The fraction of sp³-hybridized carbons (Fsp3) is 0.267. The van der Waals surface area contributed by atoms with Gasteiger partial charge in [0.05, 0.1) is 18.0 Å². The van der Waals surface area contributed by atoms with Crippen molar-refractivity contribution in [3.05, 3.63) is 48.6 Å². The molecule has 2 rings (SSSR count). The second-order valence-electron chi connectivity index (χ2n) is 4.41. The number of allylic oxidation sites excluding steroid dienone is 1. The van der Waals surface area contributed by atoms with Gasteiger partial charge in [-0.2, -0.15) is 0 Å². The zero-order chi connectivity index (χ0) is 14.4. The summed E-state index contributed by atoms with van der Waals surface area (Å²) in [5.74, 6) is -1.21. The number of nitrogens with zero attached hydrogens (tertiary/aromatic N) is 2. The van der Waals surface area contributed by atoms with E-state index in [9.17, 15) is 9.59 Å². The number of carbonyl (C=O) groups excluding carboxylic acids is 2. The molecule has 104 valence electrons. The maximum absolute atomic E-state index is 11.1. The second kappa shape index (κ2) is 6.65. The lowest BCUT2D eigenvalue weighted by molar-refractivity contribution is -0.154. The van der Waals surface area contributed by atoms with Crippen molar-refractivity contribution in [3.63, 3.8) is 0 Å². The third-order valence-electron chi connectivity index (χ3n) is 2.83. The van der Waals surface area contributed by atoms with Gasteiger partial charge in [0.15, 0.2) is 0 Å². The van der Waals surface area contributed by atoms with Crippen LogP contribution < -0.4 is 0 Å². The summed E-state index contributed by atoms with van der Waals surface area (Å²) in [6.45, 7) is 1.21. The van der Waals surface area contributed by atoms with E-state index in [0.717, 1.165) is 24.8 Å². The molecule has 0 radical (unpaired) electrons. The Labute approximate surface area is 116 Å². The number of fused-ring (bicyclic) bond motifs is 1. The van der Waals surface area contributed by atoms with Gasteiger partial charge >= 0.3 is 11.9 Å². The van der Waals surface area contributed by atoms with E-state index >= 15 is 0 Å². The lowest BCUT2D eigenvalue weighted by atomic mass is 10.1. The van der Waals surface area contributed by atoms with Crippen LogP contribution in [0.3, 0.4) is 0 Å². The first-order valence-corrected chi connectivity index (χ1v) is 6.45. The van der Waals surface area contributed by atoms with Crippen LogP contribution >= 0.6 is 0 Å². The lowest BCUT2D eigenvalue weighted by Gasteiger charge is -2.03. The Balaban J connectivity index is 1.82. The van der Waals surface area contributed by atoms with Gasteiger partial charge in [0.2, 0.25) is 0 Å². The second-order valence-corrected chi connectivity index (χ2v) is 4.41. The predicted octanol–water partition coefficient (Wildman–Crippen LogP) is 2.30. The average molecular weight is 272 g/mol. The maximum Gasteiger partial charge on any atom is 0.338 e. The Morgan fingerprint density at radius 3 is 3.05 bits per heavy atom. The number of aryl methyl sites for hydroxylation is 1. The molecule has 0 aliphatic heterocycles. The number of hydrogen-bond donors (Lipinski definition) is 0. The Bertz CT molecular complexity index is 643. The van der Waals surface area contributed by atoms with Gasteiger partial charge in [-0.05, 0) is 31.4 Å². The van der Waals surface area contributed by atoms with Gasteiger partial charge < -0.3 is 9.14 Å². The molecular weight excluding hydrogens is 256 g/mol. The van der Waals surface area contributed by atoms with Crippen molar-refractivity contribution in [1.82, 2.24) is 9.38 Å². The Hall–Kier alpha value is -2.43. The number of pyridine rings is 1. The van der Waals surface area contributed by atoms with Gasteiger partial charge in [-0.25, -0.2) is 9.78 Å². The van der Waals surface area contributed by atoms with E-state index in [1.807, 2.05) is 22.7 Å². The number of rotatable bonds is 5. The molecule has 0 atom stereocenters. The topological polar surface area (TPSA) is 60.7 Å². The van der Waals surface area contributed by atoms with Crippen LogP contribution in [0.5, 0.6) is 0 Å². The van der Waals surface area contributed by atoms with Crippen molar-refractivity contribution >= 4 is 17.5 Å². The minimum Gasteiger partial charge on any atom is -0.390 e. The fourth-order valence-corrected chi connectivity index (χ4v) is 1.97. The number of ether oxygens (including phenoxy) is 1. The zero-order valence-electron chi connectivity index (χ0n) is 11.3. The summed E-state index contributed by atoms with van der Waals surface area (Å²) < 4.78 is 6.43. The number of esters is 2. The SMILES string of the molecule is CC(=O)OC(=O)C=CCCCc1cccc2cncn12. The standard InChI is InChI=1S/C15H16N2O3/c1-12(18)20-15(19)9-4-2-3-6-13-7-5-8-14-10-16-11-17(13)14/h4-5,7-11H,2-3,6H2,1H3. The highest BCUT2D eigenvalue weighted by Crippen LogP contribution is 2.10. The van der Waals surface area contributed by atoms with Crippen LogP contribution in [-0.2, 0) is 20.7 Å². The van der Waals surface area contributed by atoms with E-state index in [4.69, 9.17) is 0 Å². The van der Waals surface area contributed by atoms with Crippen molar-refractivity contribution in [2.45, 2.75) is 26.2 Å². The van der Waals surface area contributed by atoms with E-state index in [-0.39, 0.29) is 0 Å². The summed E-state index contributed by atoms with van der Waals surface area (Å²) in [6, 6.07) is 6.07. The van der Waals surface area contributed by atoms with Gasteiger partial charge in [-0.1, -0.05) is 12.1 Å². The molecule has 20 heavy (non-hydrogen) atoms. The molecule has 0 bridgehead atoms. The Morgan fingerprint density at radius 1 is 1.40 bits per heavy atom. The van der Waals surface area contributed by atoms with Crippen molar-refractivity contribution in [1.29, 1.82) is 0 Å². The van der Waals surface area contributed by atoms with Gasteiger partial charge in [0.25, 0.3) is 0 Å². The molecule has 0 amide bonds. The molecule has 0 aromatic carbocycles. The van der Waals surface area contributed by atoms with E-state index in [2.05, 4.69) is 15.8 Å². The minimum absolute atomic E-state index is 0.591. The molecular formula is C15H16N2O3. The van der Waals surface area contributed by atoms with Crippen LogP contribution in [0.1, 0.15) is 25.5 Å². The minimum atomic E-state index is -0.616. The van der Waals surface area contributed by atoms with Crippen LogP contribution in [0, 0.1) is 0 Å². The first-order valence-electron chi connectivity index (χ1n) is 6.45. The summed E-state index contributed by atoms with van der Waals surface area (Å²) in [4.78, 5) is 25.7. The zero-order valence-corrected chi connectivity index (χ0v) is 11.3. The van der Waals surface area contributed by atoms with Crippen molar-refractivity contribution in [2.75, 3.05) is 0 Å². The molecule has 0 saturated heterocycles. The predicted molar refractivity (Wildman–Crippen MR) is 74.0 cm³/mol. The molecule has 0 spiro atoms. The van der Waals surface area contributed by atoms with Gasteiger partial charge in [0, 0.05) is 18.7 Å². The molecule has 0 saturated carbocycles. The summed E-state index contributed by atoms with van der Waals surface area (Å²) in [6.07, 6.45) is 9.17. The number of hydrogen-bond acceptors (Lipinski definition) is 4. The molecule has 2 heterocycles. The first kappa shape index (κ1) is 14.0. The van der Waals surface area contributed by atoms with Crippen LogP contribution in [0.4, 0.5) is 0 Å². The highest BCUT2D eigenvalue weighted by Gasteiger charge is 2.01. The van der Waals surface area contributed by atoms with Crippen molar-refractivity contribution < 1.29 is 14.3 Å². The number of aromatic nitrogens is 2. The van der Waals surface area contributed by atoms with Crippen LogP contribution in [0.25, 0.3) is 5.52 Å². The summed E-state index contributed by atoms with van der Waals surface area (Å²) in [5.41, 5.74) is 2.25. The van der Waals surface area contributed by atoms with Crippen molar-refractivity contribution in [2.24, 2.45) is 0 Å². The van der Waals surface area contributed by atoms with E-state index in [0.29, 0.717) is 0 Å². The highest BCUT2D eigenvalue weighted by atomic mass is 16.6. The largest absolute Gasteiger partial charge is 0.390 e. The fourth-order valence-electron chi connectivity index (χ4n) is 1.97. The first-order chi connectivity index (χ1) is 9.66. The highest BCUT2D eigenvalue weighted by molar-refractivity contribution is 5.91. The molecule has 5 heteroatoms. The monoisotopic (exact) mass is 272 g/mol. The molecule has 2 aromatic rings. The molecule has 5 nitrogen and oxygen atoms in total. The van der Waals surface area contributed by atoms with E-state index < -0.39 is 11.9 Å². The number of unbranched alkanes of at least 4 members (excludes halogenated alkanes) is 1. The van der Waals surface area contributed by atoms with Gasteiger partial charge in [-0.15, -0.1) is 0 Å². The molecule has 0 N–H and O–H groups in total. The van der Waals surface area contributed by atoms with E-state index in [1.54, 1.807) is 12.4 Å². The molecule has 2 aromatic heterocycles. The third-order valence-corrected chi connectivity index (χ3v) is 2.83. The van der Waals surface area contributed by atoms with Crippen LogP contribution in [-0.4, -0.2) is 21.3 Å². The Morgan fingerprint density at radius 2 is 2.25 bits per heavy atom. The van der Waals surface area contributed by atoms with Gasteiger partial charge in [0.1, 0.15) is 0 Å². The third kappa shape index (κ3) is 3.78. The molecule has 0 fully saturated rings. The number of imidazole rings is 1. The summed E-state index contributed by atoms with van der Waals surface area (Å²) in [5, 5.41) is 0. The number of carbonyl (C=O) groups is 2. The van der Waals surface area contributed by atoms with Crippen LogP contribution in [0.15, 0.2) is 42.9 Å². The average Bonchev–Trinajstić information content (AvgIpc) is 2.86. The van der Waals surface area contributed by atoms with E-state index in [1.165, 1.54) is 18.7 Å². The normalized spacial score (nSPS) is 11.1. The Kier molecular flexibility index (Phi) is 4.65. The summed E-state index contributed by atoms with van der Waals surface area (Å²) in [7, 11) is 0. The molecule has 0 aliphatic rings. The quantitative estimate of drug-likeness (QED) is 0.363. The summed E-state index contributed by atoms with van der Waals surface area (Å²) >= 11 is 0. The smallest absolute Gasteiger partial charge is 0.338 e.